The summed E-state index contributed by atoms with van der Waals surface area (Å²) in [5.41, 5.74) is 2.20. The molecule has 140 valence electrons. The summed E-state index contributed by atoms with van der Waals surface area (Å²) in [6, 6.07) is 8.78. The zero-order valence-electron chi connectivity index (χ0n) is 14.9. The molecule has 0 bridgehead atoms. The second-order valence-electron chi connectivity index (χ2n) is 7.50. The van der Waals surface area contributed by atoms with Crippen LogP contribution in [0.4, 0.5) is 4.39 Å². The number of carboxylic acids is 1. The fourth-order valence-corrected chi connectivity index (χ4v) is 4.15. The SMILES string of the molecule is Cc1ccc(C(=O)O)cc1-c1cc(F)cc(C(=O)N2C[C@@H]3C[C@@H](O)[C@@H]3C2)c1. The van der Waals surface area contributed by atoms with Crippen molar-refractivity contribution in [2.45, 2.75) is 19.4 Å². The lowest BCUT2D eigenvalue weighted by Gasteiger charge is -2.34. The van der Waals surface area contributed by atoms with Crippen molar-refractivity contribution in [2.24, 2.45) is 11.8 Å². The molecule has 1 aliphatic heterocycles. The van der Waals surface area contributed by atoms with Gasteiger partial charge in [0.25, 0.3) is 5.91 Å². The molecule has 0 spiro atoms. The number of aliphatic hydroxyl groups is 1. The van der Waals surface area contributed by atoms with Crippen LogP contribution < -0.4 is 0 Å². The van der Waals surface area contributed by atoms with Crippen molar-refractivity contribution in [2.75, 3.05) is 13.1 Å². The Morgan fingerprint density at radius 3 is 2.56 bits per heavy atom. The number of halogens is 1. The molecule has 6 heteroatoms. The number of hydrogen-bond acceptors (Lipinski definition) is 3. The van der Waals surface area contributed by atoms with Crippen molar-refractivity contribution >= 4 is 11.9 Å². The molecule has 5 nitrogen and oxygen atoms in total. The van der Waals surface area contributed by atoms with Crippen molar-refractivity contribution in [1.82, 2.24) is 4.90 Å². The molecule has 1 aliphatic carbocycles. The number of nitrogens with zero attached hydrogens (tertiary/aromatic N) is 1. The van der Waals surface area contributed by atoms with Crippen LogP contribution in [-0.4, -0.2) is 46.2 Å². The predicted molar refractivity (Wildman–Crippen MR) is 97.0 cm³/mol. The molecule has 3 atom stereocenters. The van der Waals surface area contributed by atoms with Gasteiger partial charge in [0.1, 0.15) is 5.82 Å². The zero-order valence-corrected chi connectivity index (χ0v) is 14.9. The Morgan fingerprint density at radius 1 is 1.11 bits per heavy atom. The molecule has 0 aromatic heterocycles. The van der Waals surface area contributed by atoms with E-state index in [0.29, 0.717) is 36.6 Å². The Balaban J connectivity index is 1.67. The predicted octanol–water partition coefficient (Wildman–Crippen LogP) is 2.95. The summed E-state index contributed by atoms with van der Waals surface area (Å²) >= 11 is 0. The number of fused-ring (bicyclic) bond motifs is 1. The van der Waals surface area contributed by atoms with E-state index in [1.807, 2.05) is 6.92 Å². The van der Waals surface area contributed by atoms with Gasteiger partial charge in [-0.2, -0.15) is 0 Å². The number of benzene rings is 2. The van der Waals surface area contributed by atoms with E-state index in [9.17, 15) is 24.2 Å². The highest BCUT2D eigenvalue weighted by molar-refractivity contribution is 5.96. The number of rotatable bonds is 3. The Morgan fingerprint density at radius 2 is 1.89 bits per heavy atom. The third-order valence-corrected chi connectivity index (χ3v) is 5.76. The van der Waals surface area contributed by atoms with Crippen LogP contribution in [-0.2, 0) is 0 Å². The Kier molecular flexibility index (Phi) is 4.23. The van der Waals surface area contributed by atoms with Crippen molar-refractivity contribution < 1.29 is 24.2 Å². The first-order valence-electron chi connectivity index (χ1n) is 8.95. The van der Waals surface area contributed by atoms with Crippen LogP contribution in [0.15, 0.2) is 36.4 Å². The highest BCUT2D eigenvalue weighted by Gasteiger charge is 2.47. The van der Waals surface area contributed by atoms with E-state index in [1.54, 1.807) is 17.0 Å². The Labute approximate surface area is 156 Å². The first kappa shape index (κ1) is 17.7. The van der Waals surface area contributed by atoms with Gasteiger partial charge in [-0.3, -0.25) is 4.79 Å². The van der Waals surface area contributed by atoms with Gasteiger partial charge in [-0.15, -0.1) is 0 Å². The minimum atomic E-state index is -1.06. The molecule has 2 N–H and O–H groups in total. The van der Waals surface area contributed by atoms with Crippen molar-refractivity contribution in [1.29, 1.82) is 0 Å². The number of likely N-dealkylation sites (tertiary alicyclic amines) is 1. The highest BCUT2D eigenvalue weighted by Crippen LogP contribution is 2.41. The van der Waals surface area contributed by atoms with Crippen LogP contribution >= 0.6 is 0 Å². The van der Waals surface area contributed by atoms with E-state index >= 15 is 0 Å². The molecular weight excluding hydrogens is 349 g/mol. The maximum absolute atomic E-state index is 14.3. The smallest absolute Gasteiger partial charge is 0.335 e. The second kappa shape index (κ2) is 6.46. The number of aliphatic hydroxyl groups excluding tert-OH is 1. The lowest BCUT2D eigenvalue weighted by Crippen LogP contribution is -2.39. The van der Waals surface area contributed by atoms with Crippen LogP contribution in [0.3, 0.4) is 0 Å². The number of amides is 1. The van der Waals surface area contributed by atoms with Gasteiger partial charge in [-0.1, -0.05) is 6.07 Å². The van der Waals surface area contributed by atoms with Gasteiger partial charge in [0, 0.05) is 24.6 Å². The molecule has 27 heavy (non-hydrogen) atoms. The van der Waals surface area contributed by atoms with E-state index < -0.39 is 11.8 Å². The van der Waals surface area contributed by atoms with Crippen LogP contribution in [0.25, 0.3) is 11.1 Å². The maximum Gasteiger partial charge on any atom is 0.335 e. The van der Waals surface area contributed by atoms with Gasteiger partial charge in [-0.05, 0) is 66.3 Å². The fourth-order valence-electron chi connectivity index (χ4n) is 4.15. The van der Waals surface area contributed by atoms with Crippen LogP contribution in [0.5, 0.6) is 0 Å². The molecule has 1 saturated heterocycles. The molecule has 4 rings (SSSR count). The third kappa shape index (κ3) is 3.10. The molecule has 1 heterocycles. The van der Waals surface area contributed by atoms with E-state index in [1.165, 1.54) is 24.3 Å². The first-order valence-corrected chi connectivity index (χ1v) is 8.95. The van der Waals surface area contributed by atoms with E-state index in [2.05, 4.69) is 0 Å². The topological polar surface area (TPSA) is 77.8 Å². The van der Waals surface area contributed by atoms with Gasteiger partial charge < -0.3 is 15.1 Å². The minimum absolute atomic E-state index is 0.109. The summed E-state index contributed by atoms with van der Waals surface area (Å²) in [5.74, 6) is -1.42. The van der Waals surface area contributed by atoms with Crippen LogP contribution in [0.1, 0.15) is 32.7 Å². The number of aromatic carboxylic acids is 1. The van der Waals surface area contributed by atoms with Gasteiger partial charge >= 0.3 is 5.97 Å². The zero-order chi connectivity index (χ0) is 19.3. The van der Waals surface area contributed by atoms with Gasteiger partial charge in [-0.25, -0.2) is 9.18 Å². The third-order valence-electron chi connectivity index (χ3n) is 5.76. The highest BCUT2D eigenvalue weighted by atomic mass is 19.1. The van der Waals surface area contributed by atoms with E-state index in [4.69, 9.17) is 0 Å². The molecule has 1 saturated carbocycles. The van der Waals surface area contributed by atoms with Crippen molar-refractivity contribution in [3.8, 4) is 11.1 Å². The number of hydrogen-bond donors (Lipinski definition) is 2. The quantitative estimate of drug-likeness (QED) is 0.872. The van der Waals surface area contributed by atoms with Gasteiger partial charge in [0.05, 0.1) is 11.7 Å². The molecule has 2 aromatic carbocycles. The number of aryl methyl sites for hydroxylation is 1. The van der Waals surface area contributed by atoms with Crippen LogP contribution in [0.2, 0.25) is 0 Å². The molecule has 0 radical (unpaired) electrons. The molecular formula is C21H20FNO4. The van der Waals surface area contributed by atoms with Crippen molar-refractivity contribution in [3.05, 3.63) is 58.9 Å². The largest absolute Gasteiger partial charge is 0.478 e. The van der Waals surface area contributed by atoms with Gasteiger partial charge in [0.2, 0.25) is 0 Å². The normalized spacial score (nSPS) is 23.7. The number of carboxylic acid groups (broad SMARTS) is 1. The van der Waals surface area contributed by atoms with Crippen molar-refractivity contribution in [3.63, 3.8) is 0 Å². The minimum Gasteiger partial charge on any atom is -0.478 e. The molecule has 0 unspecified atom stereocenters. The lowest BCUT2D eigenvalue weighted by atomic mass is 9.74. The van der Waals surface area contributed by atoms with E-state index in [0.717, 1.165) is 5.56 Å². The summed E-state index contributed by atoms with van der Waals surface area (Å²) < 4.78 is 14.3. The molecule has 1 amide bonds. The Bertz CT molecular complexity index is 942. The van der Waals surface area contributed by atoms with Crippen LogP contribution in [0, 0.1) is 24.6 Å². The summed E-state index contributed by atoms with van der Waals surface area (Å²) in [7, 11) is 0. The first-order chi connectivity index (χ1) is 12.8. The average molecular weight is 369 g/mol. The second-order valence-corrected chi connectivity index (χ2v) is 7.50. The fraction of sp³-hybridized carbons (Fsp3) is 0.333. The summed E-state index contributed by atoms with van der Waals surface area (Å²) in [6.07, 6.45) is 0.363. The average Bonchev–Trinajstić information content (AvgIpc) is 2.97. The molecule has 2 aromatic rings. The summed E-state index contributed by atoms with van der Waals surface area (Å²) in [5, 5.41) is 19.0. The lowest BCUT2D eigenvalue weighted by molar-refractivity contribution is -0.00427. The maximum atomic E-state index is 14.3. The van der Waals surface area contributed by atoms with Gasteiger partial charge in [0.15, 0.2) is 0 Å². The number of carbonyl (C=O) groups is 2. The number of carbonyl (C=O) groups excluding carboxylic acids is 1. The standard InChI is InChI=1S/C21H20FNO4/c1-11-2-3-12(21(26)27)7-17(11)13-4-14(6-16(22)5-13)20(25)23-9-15-8-19(24)18(15)10-23/h2-7,15,18-19,24H,8-10H2,1H3,(H,26,27)/t15-,18+,19+/m0/s1. The van der Waals surface area contributed by atoms with E-state index in [-0.39, 0.29) is 29.1 Å². The molecule has 2 fully saturated rings. The Hall–Kier alpha value is -2.73. The monoisotopic (exact) mass is 369 g/mol. The summed E-state index contributed by atoms with van der Waals surface area (Å²) in [6.45, 7) is 2.89. The summed E-state index contributed by atoms with van der Waals surface area (Å²) in [4.78, 5) is 25.8. The molecule has 2 aliphatic rings.